The Hall–Kier alpha value is -1.98. The molecule has 2 aromatic rings. The molecule has 1 aromatic carbocycles. The first-order chi connectivity index (χ1) is 11.2. The number of benzene rings is 1. The zero-order valence-corrected chi connectivity index (χ0v) is 13.3. The highest BCUT2D eigenvalue weighted by Crippen LogP contribution is 2.22. The zero-order valence-electron chi connectivity index (χ0n) is 13.3. The van der Waals surface area contributed by atoms with Crippen LogP contribution in [-0.4, -0.2) is 31.3 Å². The molecule has 3 rings (SSSR count). The molecule has 1 aromatic heterocycles. The van der Waals surface area contributed by atoms with Crippen molar-refractivity contribution >= 4 is 5.69 Å². The van der Waals surface area contributed by atoms with Crippen LogP contribution in [0, 0.1) is 5.82 Å². The Morgan fingerprint density at radius 1 is 1.30 bits per heavy atom. The van der Waals surface area contributed by atoms with Crippen molar-refractivity contribution in [3.8, 4) is 0 Å². The van der Waals surface area contributed by atoms with E-state index in [0.717, 1.165) is 24.2 Å². The lowest BCUT2D eigenvalue weighted by molar-refractivity contribution is 0.122. The molecule has 1 saturated heterocycles. The van der Waals surface area contributed by atoms with Crippen LogP contribution in [0.1, 0.15) is 24.1 Å². The summed E-state index contributed by atoms with van der Waals surface area (Å²) < 4.78 is 19.7. The second kappa shape index (κ2) is 7.53. The molecule has 1 N–H and O–H groups in total. The Morgan fingerprint density at radius 2 is 2.13 bits per heavy atom. The lowest BCUT2D eigenvalue weighted by Gasteiger charge is -2.29. The third kappa shape index (κ3) is 4.06. The number of pyridine rings is 1. The fourth-order valence-corrected chi connectivity index (χ4v) is 2.74. The minimum Gasteiger partial charge on any atom is -0.378 e. The third-order valence-electron chi connectivity index (χ3n) is 4.16. The molecule has 23 heavy (non-hydrogen) atoms. The smallest absolute Gasteiger partial charge is 0.146 e. The van der Waals surface area contributed by atoms with Gasteiger partial charge in [-0.2, -0.15) is 0 Å². The molecule has 0 amide bonds. The van der Waals surface area contributed by atoms with E-state index in [2.05, 4.69) is 17.2 Å². The van der Waals surface area contributed by atoms with Crippen LogP contribution in [0.3, 0.4) is 0 Å². The van der Waals surface area contributed by atoms with Crippen LogP contribution < -0.4 is 10.2 Å². The third-order valence-corrected chi connectivity index (χ3v) is 4.16. The maximum Gasteiger partial charge on any atom is 0.146 e. The van der Waals surface area contributed by atoms with Gasteiger partial charge in [-0.1, -0.05) is 12.1 Å². The number of anilines is 1. The van der Waals surface area contributed by atoms with Crippen LogP contribution in [0.15, 0.2) is 42.7 Å². The van der Waals surface area contributed by atoms with E-state index in [-0.39, 0.29) is 11.9 Å². The monoisotopic (exact) mass is 315 g/mol. The van der Waals surface area contributed by atoms with Crippen LogP contribution in [0.5, 0.6) is 0 Å². The van der Waals surface area contributed by atoms with Crippen molar-refractivity contribution in [2.45, 2.75) is 19.5 Å². The molecule has 4 nitrogen and oxygen atoms in total. The van der Waals surface area contributed by atoms with Gasteiger partial charge >= 0.3 is 0 Å². The Bertz CT molecular complexity index is 629. The summed E-state index contributed by atoms with van der Waals surface area (Å²) >= 11 is 0. The summed E-state index contributed by atoms with van der Waals surface area (Å²) in [6.07, 6.45) is 3.61. The van der Waals surface area contributed by atoms with Crippen molar-refractivity contribution in [1.82, 2.24) is 10.3 Å². The van der Waals surface area contributed by atoms with E-state index in [1.807, 2.05) is 35.4 Å². The van der Waals surface area contributed by atoms with Crippen molar-refractivity contribution < 1.29 is 9.13 Å². The quantitative estimate of drug-likeness (QED) is 0.920. The molecule has 0 radical (unpaired) electrons. The Balaban J connectivity index is 1.61. The average molecular weight is 315 g/mol. The molecule has 122 valence electrons. The van der Waals surface area contributed by atoms with Gasteiger partial charge in [0.25, 0.3) is 0 Å². The minimum atomic E-state index is -0.166. The van der Waals surface area contributed by atoms with Gasteiger partial charge in [-0.25, -0.2) is 4.39 Å². The molecule has 1 fully saturated rings. The second-order valence-electron chi connectivity index (χ2n) is 5.77. The summed E-state index contributed by atoms with van der Waals surface area (Å²) in [6, 6.07) is 9.60. The molecular formula is C18H22FN3O. The van der Waals surface area contributed by atoms with Crippen molar-refractivity contribution in [3.05, 3.63) is 59.7 Å². The summed E-state index contributed by atoms with van der Waals surface area (Å²) in [5, 5.41) is 3.40. The largest absolute Gasteiger partial charge is 0.378 e. The highest BCUT2D eigenvalue weighted by Gasteiger charge is 2.15. The van der Waals surface area contributed by atoms with Gasteiger partial charge in [0.1, 0.15) is 5.82 Å². The predicted octanol–water partition coefficient (Wildman–Crippen LogP) is 2.91. The fourth-order valence-electron chi connectivity index (χ4n) is 2.74. The standard InChI is InChI=1S/C18H22FN3O/c1-14(16-3-2-6-20-13-16)21-12-15-4-5-18(17(19)11-15)22-7-9-23-10-8-22/h2-6,11,13-14,21H,7-10,12H2,1H3. The van der Waals surface area contributed by atoms with Gasteiger partial charge in [-0.05, 0) is 36.2 Å². The van der Waals surface area contributed by atoms with Crippen molar-refractivity contribution in [2.75, 3.05) is 31.2 Å². The number of hydrogen-bond donors (Lipinski definition) is 1. The van der Waals surface area contributed by atoms with Crippen molar-refractivity contribution in [1.29, 1.82) is 0 Å². The van der Waals surface area contributed by atoms with Gasteiger partial charge in [-0.3, -0.25) is 4.98 Å². The highest BCUT2D eigenvalue weighted by atomic mass is 19.1. The molecule has 0 saturated carbocycles. The normalized spacial score (nSPS) is 16.3. The number of aromatic nitrogens is 1. The lowest BCUT2D eigenvalue weighted by Crippen LogP contribution is -2.36. The van der Waals surface area contributed by atoms with Gasteiger partial charge in [0, 0.05) is 38.1 Å². The summed E-state index contributed by atoms with van der Waals surface area (Å²) in [5.74, 6) is -0.166. The number of ether oxygens (including phenoxy) is 1. The summed E-state index contributed by atoms with van der Waals surface area (Å²) in [5.41, 5.74) is 2.73. The topological polar surface area (TPSA) is 37.4 Å². The molecule has 1 unspecified atom stereocenters. The number of nitrogens with zero attached hydrogens (tertiary/aromatic N) is 2. The van der Waals surface area contributed by atoms with Gasteiger partial charge in [0.2, 0.25) is 0 Å². The second-order valence-corrected chi connectivity index (χ2v) is 5.77. The highest BCUT2D eigenvalue weighted by molar-refractivity contribution is 5.49. The first-order valence-corrected chi connectivity index (χ1v) is 7.98. The van der Waals surface area contributed by atoms with E-state index in [1.54, 1.807) is 12.3 Å². The van der Waals surface area contributed by atoms with E-state index in [9.17, 15) is 4.39 Å². The Morgan fingerprint density at radius 3 is 2.83 bits per heavy atom. The van der Waals surface area contributed by atoms with E-state index < -0.39 is 0 Å². The van der Waals surface area contributed by atoms with E-state index >= 15 is 0 Å². The first kappa shape index (κ1) is 15.9. The number of morpholine rings is 1. The SMILES string of the molecule is CC(NCc1ccc(N2CCOCC2)c(F)c1)c1cccnc1. The first-order valence-electron chi connectivity index (χ1n) is 7.98. The molecule has 1 aliphatic heterocycles. The van der Waals surface area contributed by atoms with Gasteiger partial charge in [0.05, 0.1) is 18.9 Å². The zero-order chi connectivity index (χ0) is 16.1. The Labute approximate surface area is 136 Å². The number of nitrogens with one attached hydrogen (secondary N) is 1. The maximum absolute atomic E-state index is 14.4. The lowest BCUT2D eigenvalue weighted by atomic mass is 10.1. The van der Waals surface area contributed by atoms with Crippen LogP contribution >= 0.6 is 0 Å². The van der Waals surface area contributed by atoms with Crippen LogP contribution in [-0.2, 0) is 11.3 Å². The molecule has 0 spiro atoms. The van der Waals surface area contributed by atoms with Crippen LogP contribution in [0.4, 0.5) is 10.1 Å². The van der Waals surface area contributed by atoms with E-state index in [1.165, 1.54) is 0 Å². The summed E-state index contributed by atoms with van der Waals surface area (Å²) in [4.78, 5) is 6.16. The molecule has 5 heteroatoms. The van der Waals surface area contributed by atoms with E-state index in [0.29, 0.717) is 25.4 Å². The Kier molecular flexibility index (Phi) is 5.20. The van der Waals surface area contributed by atoms with Crippen molar-refractivity contribution in [2.24, 2.45) is 0 Å². The minimum absolute atomic E-state index is 0.166. The molecule has 1 atom stereocenters. The van der Waals surface area contributed by atoms with Gasteiger partial charge in [-0.15, -0.1) is 0 Å². The van der Waals surface area contributed by atoms with Gasteiger partial charge in [0.15, 0.2) is 0 Å². The maximum atomic E-state index is 14.4. The average Bonchev–Trinajstić information content (AvgIpc) is 2.61. The fraction of sp³-hybridized carbons (Fsp3) is 0.389. The summed E-state index contributed by atoms with van der Waals surface area (Å²) in [6.45, 7) is 5.50. The van der Waals surface area contributed by atoms with E-state index in [4.69, 9.17) is 4.74 Å². The predicted molar refractivity (Wildman–Crippen MR) is 88.9 cm³/mol. The molecule has 2 heterocycles. The summed E-state index contributed by atoms with van der Waals surface area (Å²) in [7, 11) is 0. The van der Waals surface area contributed by atoms with Crippen molar-refractivity contribution in [3.63, 3.8) is 0 Å². The molecule has 1 aliphatic rings. The van der Waals surface area contributed by atoms with Crippen LogP contribution in [0.2, 0.25) is 0 Å². The number of halogens is 1. The molecule has 0 bridgehead atoms. The van der Waals surface area contributed by atoms with Gasteiger partial charge < -0.3 is 15.0 Å². The molecular weight excluding hydrogens is 293 g/mol. The van der Waals surface area contributed by atoms with Crippen LogP contribution in [0.25, 0.3) is 0 Å². The number of hydrogen-bond acceptors (Lipinski definition) is 4. The molecule has 0 aliphatic carbocycles. The number of rotatable bonds is 5.